The molecule has 0 saturated carbocycles. The van der Waals surface area contributed by atoms with E-state index in [1.165, 1.54) is 6.20 Å². The molecule has 2 aromatic rings. The maximum absolute atomic E-state index is 13.5. The van der Waals surface area contributed by atoms with Gasteiger partial charge in [0.05, 0.1) is 4.90 Å². The van der Waals surface area contributed by atoms with E-state index in [2.05, 4.69) is 9.97 Å². The number of hydrogen-bond donors (Lipinski definition) is 1. The SMILES string of the molecule is Cc1ccnc(Sc2c(F)cc(N)cc2F)n1. The average Bonchev–Trinajstić information content (AvgIpc) is 2.23. The lowest BCUT2D eigenvalue weighted by molar-refractivity contribution is 0.541. The lowest BCUT2D eigenvalue weighted by Crippen LogP contribution is -1.95. The van der Waals surface area contributed by atoms with Gasteiger partial charge in [-0.1, -0.05) is 0 Å². The molecule has 0 unspecified atom stereocenters. The molecule has 0 atom stereocenters. The van der Waals surface area contributed by atoms with Crippen LogP contribution in [0.15, 0.2) is 34.4 Å². The van der Waals surface area contributed by atoms with E-state index in [0.29, 0.717) is 5.16 Å². The third-order valence-corrected chi connectivity index (χ3v) is 2.96. The molecule has 0 fully saturated rings. The highest BCUT2D eigenvalue weighted by Gasteiger charge is 2.13. The minimum Gasteiger partial charge on any atom is -0.399 e. The maximum Gasteiger partial charge on any atom is 0.192 e. The Bertz CT molecular complexity index is 537. The molecule has 0 aliphatic rings. The van der Waals surface area contributed by atoms with Crippen LogP contribution in [0.2, 0.25) is 0 Å². The van der Waals surface area contributed by atoms with Gasteiger partial charge in [-0.15, -0.1) is 0 Å². The molecule has 0 spiro atoms. The van der Waals surface area contributed by atoms with Crippen LogP contribution in [-0.2, 0) is 0 Å². The van der Waals surface area contributed by atoms with Crippen molar-refractivity contribution in [3.8, 4) is 0 Å². The lowest BCUT2D eigenvalue weighted by atomic mass is 10.3. The van der Waals surface area contributed by atoms with Gasteiger partial charge in [0.25, 0.3) is 0 Å². The van der Waals surface area contributed by atoms with Gasteiger partial charge in [0, 0.05) is 17.6 Å². The minimum atomic E-state index is -0.711. The number of nitrogens with two attached hydrogens (primary N) is 1. The monoisotopic (exact) mass is 253 g/mol. The molecule has 3 nitrogen and oxygen atoms in total. The van der Waals surface area contributed by atoms with Crippen molar-refractivity contribution in [3.05, 3.63) is 41.7 Å². The van der Waals surface area contributed by atoms with E-state index in [0.717, 1.165) is 29.6 Å². The summed E-state index contributed by atoms with van der Waals surface area (Å²) in [4.78, 5) is 7.84. The molecule has 17 heavy (non-hydrogen) atoms. The first-order valence-electron chi connectivity index (χ1n) is 4.78. The topological polar surface area (TPSA) is 51.8 Å². The number of nitrogens with zero attached hydrogens (tertiary/aromatic N) is 2. The van der Waals surface area contributed by atoms with E-state index in [1.807, 2.05) is 0 Å². The summed E-state index contributed by atoms with van der Waals surface area (Å²) in [6, 6.07) is 3.85. The first kappa shape index (κ1) is 11.8. The Balaban J connectivity index is 2.36. The van der Waals surface area contributed by atoms with E-state index in [4.69, 9.17) is 5.73 Å². The number of nitrogen functional groups attached to an aromatic ring is 1. The van der Waals surface area contributed by atoms with Crippen molar-refractivity contribution < 1.29 is 8.78 Å². The Morgan fingerprint density at radius 3 is 2.47 bits per heavy atom. The van der Waals surface area contributed by atoms with Gasteiger partial charge >= 0.3 is 0 Å². The fourth-order valence-electron chi connectivity index (χ4n) is 1.24. The Morgan fingerprint density at radius 2 is 1.88 bits per heavy atom. The molecule has 1 heterocycles. The molecule has 0 bridgehead atoms. The Morgan fingerprint density at radius 1 is 1.24 bits per heavy atom. The van der Waals surface area contributed by atoms with Crippen LogP contribution in [0, 0.1) is 18.6 Å². The zero-order valence-corrected chi connectivity index (χ0v) is 9.76. The van der Waals surface area contributed by atoms with Gasteiger partial charge in [-0.25, -0.2) is 18.7 Å². The van der Waals surface area contributed by atoms with Crippen LogP contribution < -0.4 is 5.73 Å². The average molecular weight is 253 g/mol. The molecule has 0 amide bonds. The molecule has 1 aromatic heterocycles. The van der Waals surface area contributed by atoms with Crippen LogP contribution in [0.1, 0.15) is 5.69 Å². The Kier molecular flexibility index (Phi) is 3.23. The molecule has 0 radical (unpaired) electrons. The third kappa shape index (κ3) is 2.71. The van der Waals surface area contributed by atoms with Crippen molar-refractivity contribution in [2.75, 3.05) is 5.73 Å². The van der Waals surface area contributed by atoms with Gasteiger partial charge in [0.2, 0.25) is 0 Å². The Labute approximate surface area is 101 Å². The van der Waals surface area contributed by atoms with Gasteiger partial charge in [0.1, 0.15) is 11.6 Å². The van der Waals surface area contributed by atoms with Crippen LogP contribution in [0.5, 0.6) is 0 Å². The van der Waals surface area contributed by atoms with Crippen LogP contribution in [0.25, 0.3) is 0 Å². The molecule has 88 valence electrons. The second-order valence-electron chi connectivity index (χ2n) is 3.40. The van der Waals surface area contributed by atoms with Crippen LogP contribution >= 0.6 is 11.8 Å². The number of benzene rings is 1. The van der Waals surface area contributed by atoms with E-state index in [-0.39, 0.29) is 10.6 Å². The summed E-state index contributed by atoms with van der Waals surface area (Å²) in [5.74, 6) is -1.42. The molecule has 1 aromatic carbocycles. The molecule has 2 rings (SSSR count). The third-order valence-electron chi connectivity index (χ3n) is 1.99. The van der Waals surface area contributed by atoms with E-state index >= 15 is 0 Å². The van der Waals surface area contributed by atoms with Crippen molar-refractivity contribution in [2.24, 2.45) is 0 Å². The summed E-state index contributed by atoms with van der Waals surface area (Å²) in [6.45, 7) is 1.78. The number of halogens is 2. The summed E-state index contributed by atoms with van der Waals surface area (Å²) in [5.41, 5.74) is 6.11. The van der Waals surface area contributed by atoms with Crippen LogP contribution in [0.4, 0.5) is 14.5 Å². The number of aryl methyl sites for hydroxylation is 1. The highest BCUT2D eigenvalue weighted by atomic mass is 32.2. The normalized spacial score (nSPS) is 10.5. The Hall–Kier alpha value is -1.69. The predicted octanol–water partition coefficient (Wildman–Crippen LogP) is 2.80. The zero-order chi connectivity index (χ0) is 12.4. The van der Waals surface area contributed by atoms with E-state index in [1.54, 1.807) is 13.0 Å². The summed E-state index contributed by atoms with van der Waals surface area (Å²) < 4.78 is 27.0. The van der Waals surface area contributed by atoms with Crippen molar-refractivity contribution in [3.63, 3.8) is 0 Å². The van der Waals surface area contributed by atoms with Gasteiger partial charge in [0.15, 0.2) is 5.16 Å². The molecule has 2 N–H and O–H groups in total. The highest BCUT2D eigenvalue weighted by Crippen LogP contribution is 2.31. The van der Waals surface area contributed by atoms with Crippen LogP contribution in [0.3, 0.4) is 0 Å². The number of aromatic nitrogens is 2. The molecular formula is C11H9F2N3S. The molecule has 0 aliphatic carbocycles. The minimum absolute atomic E-state index is 0.0505. The summed E-state index contributed by atoms with van der Waals surface area (Å²) in [7, 11) is 0. The van der Waals surface area contributed by atoms with Crippen molar-refractivity contribution >= 4 is 17.4 Å². The van der Waals surface area contributed by atoms with E-state index < -0.39 is 11.6 Å². The van der Waals surface area contributed by atoms with Gasteiger partial charge in [-0.05, 0) is 36.9 Å². The number of anilines is 1. The fraction of sp³-hybridized carbons (Fsp3) is 0.0909. The fourth-order valence-corrected chi connectivity index (χ4v) is 2.04. The van der Waals surface area contributed by atoms with Gasteiger partial charge in [-0.3, -0.25) is 0 Å². The summed E-state index contributed by atoms with van der Waals surface area (Å²) in [5, 5.41) is 0.299. The molecule has 6 heteroatoms. The number of hydrogen-bond acceptors (Lipinski definition) is 4. The first-order chi connectivity index (χ1) is 8.06. The molecule has 0 aliphatic heterocycles. The van der Waals surface area contributed by atoms with Gasteiger partial charge < -0.3 is 5.73 Å². The highest BCUT2D eigenvalue weighted by molar-refractivity contribution is 7.99. The smallest absolute Gasteiger partial charge is 0.192 e. The maximum atomic E-state index is 13.5. The quantitative estimate of drug-likeness (QED) is 0.660. The van der Waals surface area contributed by atoms with Gasteiger partial charge in [-0.2, -0.15) is 0 Å². The largest absolute Gasteiger partial charge is 0.399 e. The lowest BCUT2D eigenvalue weighted by Gasteiger charge is -2.05. The number of rotatable bonds is 2. The van der Waals surface area contributed by atoms with Crippen molar-refractivity contribution in [2.45, 2.75) is 17.0 Å². The second kappa shape index (κ2) is 4.67. The van der Waals surface area contributed by atoms with Crippen molar-refractivity contribution in [1.29, 1.82) is 0 Å². The molecule has 0 saturated heterocycles. The standard InChI is InChI=1S/C11H9F2N3S/c1-6-2-3-15-11(16-6)17-10-8(12)4-7(14)5-9(10)13/h2-5H,14H2,1H3. The predicted molar refractivity (Wildman–Crippen MR) is 61.7 cm³/mol. The summed E-state index contributed by atoms with van der Waals surface area (Å²) >= 11 is 0.836. The molecular weight excluding hydrogens is 244 g/mol. The van der Waals surface area contributed by atoms with Crippen molar-refractivity contribution in [1.82, 2.24) is 9.97 Å². The summed E-state index contributed by atoms with van der Waals surface area (Å²) in [6.07, 6.45) is 1.54. The zero-order valence-electron chi connectivity index (χ0n) is 8.95. The first-order valence-corrected chi connectivity index (χ1v) is 5.60. The van der Waals surface area contributed by atoms with E-state index in [9.17, 15) is 8.78 Å². The second-order valence-corrected chi connectivity index (χ2v) is 4.37. The van der Waals surface area contributed by atoms with Crippen LogP contribution in [-0.4, -0.2) is 9.97 Å².